The Kier molecular flexibility index (Phi) is 4.22. The number of aliphatic hydroxyl groups is 1. The van der Waals surface area contributed by atoms with Crippen molar-refractivity contribution in [3.8, 4) is 5.75 Å². The van der Waals surface area contributed by atoms with E-state index in [9.17, 15) is 4.79 Å². The lowest BCUT2D eigenvalue weighted by Gasteiger charge is -2.35. The number of carbonyl (C=O) groups excluding carboxylic acids is 1. The molecule has 0 aliphatic carbocycles. The second-order valence-electron chi connectivity index (χ2n) is 3.94. The second kappa shape index (κ2) is 5.53. The lowest BCUT2D eigenvalue weighted by molar-refractivity contribution is -0.143. The van der Waals surface area contributed by atoms with Gasteiger partial charge < -0.3 is 14.7 Å². The van der Waals surface area contributed by atoms with E-state index in [2.05, 4.69) is 0 Å². The van der Waals surface area contributed by atoms with Gasteiger partial charge in [-0.05, 0) is 6.07 Å². The first-order valence-corrected chi connectivity index (χ1v) is 6.34. The van der Waals surface area contributed by atoms with Crippen LogP contribution in [-0.2, 0) is 4.79 Å². The van der Waals surface area contributed by atoms with Gasteiger partial charge in [0, 0.05) is 19.2 Å². The van der Waals surface area contributed by atoms with Crippen LogP contribution in [0.1, 0.15) is 0 Å². The number of hydrogen-bond acceptors (Lipinski definition) is 3. The fourth-order valence-electron chi connectivity index (χ4n) is 1.50. The summed E-state index contributed by atoms with van der Waals surface area (Å²) in [5.74, 6) is 0.0999. The van der Waals surface area contributed by atoms with Gasteiger partial charge in [0.15, 0.2) is 6.61 Å². The van der Waals surface area contributed by atoms with Gasteiger partial charge in [0.25, 0.3) is 5.91 Å². The highest BCUT2D eigenvalue weighted by Gasteiger charge is 2.28. The van der Waals surface area contributed by atoms with E-state index in [1.165, 1.54) is 17.0 Å². The van der Waals surface area contributed by atoms with Gasteiger partial charge in [-0.15, -0.1) is 0 Å². The quantitative estimate of drug-likeness (QED) is 0.871. The van der Waals surface area contributed by atoms with Crippen molar-refractivity contribution in [3.63, 3.8) is 0 Å². The molecule has 1 N–H and O–H groups in total. The molecule has 0 aromatic heterocycles. The fourth-order valence-corrected chi connectivity index (χ4v) is 2.10. The molecule has 0 unspecified atom stereocenters. The zero-order valence-electron chi connectivity index (χ0n) is 9.20. The van der Waals surface area contributed by atoms with Crippen molar-refractivity contribution >= 4 is 40.7 Å². The van der Waals surface area contributed by atoms with E-state index in [-0.39, 0.29) is 12.5 Å². The maximum atomic E-state index is 11.6. The molecule has 0 atom stereocenters. The summed E-state index contributed by atoms with van der Waals surface area (Å²) in [5.41, 5.74) is 0. The highest BCUT2D eigenvalue weighted by atomic mass is 35.5. The monoisotopic (exact) mass is 309 g/mol. The van der Waals surface area contributed by atoms with Crippen LogP contribution in [0.5, 0.6) is 5.75 Å². The van der Waals surface area contributed by atoms with Crippen molar-refractivity contribution in [2.24, 2.45) is 0 Å². The Balaban J connectivity index is 1.94. The summed E-state index contributed by atoms with van der Waals surface area (Å²) < 4.78 is 5.28. The average molecular weight is 311 g/mol. The van der Waals surface area contributed by atoms with Gasteiger partial charge in [-0.25, -0.2) is 0 Å². The summed E-state index contributed by atoms with van der Waals surface area (Å²) in [7, 11) is 0. The van der Waals surface area contributed by atoms with Crippen LogP contribution in [0.2, 0.25) is 15.1 Å². The third-order valence-electron chi connectivity index (χ3n) is 2.54. The molecule has 1 aromatic rings. The van der Waals surface area contributed by atoms with Gasteiger partial charge in [0.2, 0.25) is 0 Å². The Labute approximate surface area is 119 Å². The molecule has 1 fully saturated rings. The normalized spacial score (nSPS) is 15.4. The Morgan fingerprint density at radius 2 is 1.89 bits per heavy atom. The first kappa shape index (κ1) is 13.7. The summed E-state index contributed by atoms with van der Waals surface area (Å²) in [6.07, 6.45) is -0.428. The third kappa shape index (κ3) is 3.01. The van der Waals surface area contributed by atoms with Crippen molar-refractivity contribution < 1.29 is 14.6 Å². The number of β-amino-alcohol motifs (C(OH)–C–C–N with tert-alkyl or cyclic N) is 1. The maximum Gasteiger partial charge on any atom is 0.260 e. The van der Waals surface area contributed by atoms with Crippen molar-refractivity contribution in [3.05, 3.63) is 27.2 Å². The fraction of sp³-hybridized carbons (Fsp3) is 0.364. The number of nitrogens with zero attached hydrogens (tertiary/aromatic N) is 1. The van der Waals surface area contributed by atoms with Gasteiger partial charge in [-0.3, -0.25) is 4.79 Å². The van der Waals surface area contributed by atoms with E-state index in [1.807, 2.05) is 0 Å². The molecule has 1 aromatic carbocycles. The number of rotatable bonds is 3. The van der Waals surface area contributed by atoms with E-state index in [4.69, 9.17) is 44.6 Å². The van der Waals surface area contributed by atoms with Gasteiger partial charge >= 0.3 is 0 Å². The number of hydrogen-bond donors (Lipinski definition) is 1. The number of amides is 1. The lowest BCUT2D eigenvalue weighted by Crippen LogP contribution is -2.54. The van der Waals surface area contributed by atoms with E-state index in [0.717, 1.165) is 0 Å². The number of carbonyl (C=O) groups is 1. The van der Waals surface area contributed by atoms with Gasteiger partial charge in [0.05, 0.1) is 21.2 Å². The first-order chi connectivity index (χ1) is 8.47. The minimum atomic E-state index is -0.428. The summed E-state index contributed by atoms with van der Waals surface area (Å²) in [4.78, 5) is 13.1. The van der Waals surface area contributed by atoms with Crippen molar-refractivity contribution in [1.82, 2.24) is 4.90 Å². The van der Waals surface area contributed by atoms with Crippen LogP contribution in [0.25, 0.3) is 0 Å². The molecule has 98 valence electrons. The highest BCUT2D eigenvalue weighted by Crippen LogP contribution is 2.33. The Bertz CT molecular complexity index is 475. The Morgan fingerprint density at radius 1 is 1.28 bits per heavy atom. The molecular formula is C11H10Cl3NO3. The minimum absolute atomic E-state index is 0.148. The molecule has 0 spiro atoms. The molecule has 1 aliphatic rings. The van der Waals surface area contributed by atoms with Crippen LogP contribution in [0.15, 0.2) is 12.1 Å². The molecule has 1 aliphatic heterocycles. The van der Waals surface area contributed by atoms with Crippen molar-refractivity contribution in [2.75, 3.05) is 19.7 Å². The zero-order chi connectivity index (χ0) is 13.3. The molecule has 0 bridgehead atoms. The standard InChI is InChI=1S/C11H10Cl3NO3/c12-7-1-9(14)10(2-8(7)13)18-5-11(17)15-3-6(16)4-15/h1-2,6,16H,3-5H2. The number of benzene rings is 1. The molecular weight excluding hydrogens is 300 g/mol. The van der Waals surface area contributed by atoms with Crippen LogP contribution >= 0.6 is 34.8 Å². The Hall–Kier alpha value is -0.680. The molecule has 18 heavy (non-hydrogen) atoms. The smallest absolute Gasteiger partial charge is 0.260 e. The molecule has 1 amide bonds. The molecule has 0 radical (unpaired) electrons. The van der Waals surface area contributed by atoms with Crippen LogP contribution in [0.4, 0.5) is 0 Å². The lowest BCUT2D eigenvalue weighted by atomic mass is 10.2. The van der Waals surface area contributed by atoms with E-state index < -0.39 is 6.10 Å². The van der Waals surface area contributed by atoms with Gasteiger partial charge in [-0.1, -0.05) is 34.8 Å². The topological polar surface area (TPSA) is 49.8 Å². The minimum Gasteiger partial charge on any atom is -0.482 e. The number of aliphatic hydroxyl groups excluding tert-OH is 1. The van der Waals surface area contributed by atoms with Crippen LogP contribution < -0.4 is 4.74 Å². The predicted octanol–water partition coefficient (Wildman–Crippen LogP) is 2.23. The molecule has 7 heteroatoms. The highest BCUT2D eigenvalue weighted by molar-refractivity contribution is 6.43. The van der Waals surface area contributed by atoms with E-state index in [1.54, 1.807) is 0 Å². The summed E-state index contributed by atoms with van der Waals surface area (Å²) in [6.45, 7) is 0.541. The Morgan fingerprint density at radius 3 is 2.50 bits per heavy atom. The van der Waals surface area contributed by atoms with Crippen molar-refractivity contribution in [2.45, 2.75) is 6.10 Å². The van der Waals surface area contributed by atoms with E-state index >= 15 is 0 Å². The average Bonchev–Trinajstić information content (AvgIpc) is 2.27. The van der Waals surface area contributed by atoms with Gasteiger partial charge in [0.1, 0.15) is 5.75 Å². The maximum absolute atomic E-state index is 11.6. The van der Waals surface area contributed by atoms with Crippen molar-refractivity contribution in [1.29, 1.82) is 0 Å². The predicted molar refractivity (Wildman–Crippen MR) is 69.6 cm³/mol. The summed E-state index contributed by atoms with van der Waals surface area (Å²) in [5, 5.41) is 10.0. The molecule has 2 rings (SSSR count). The van der Waals surface area contributed by atoms with Crippen LogP contribution in [-0.4, -0.2) is 41.7 Å². The molecule has 1 heterocycles. The summed E-state index contributed by atoms with van der Waals surface area (Å²) >= 11 is 17.5. The van der Waals surface area contributed by atoms with Crippen LogP contribution in [0.3, 0.4) is 0 Å². The molecule has 4 nitrogen and oxygen atoms in total. The second-order valence-corrected chi connectivity index (χ2v) is 5.16. The molecule has 1 saturated heterocycles. The van der Waals surface area contributed by atoms with Gasteiger partial charge in [-0.2, -0.15) is 0 Å². The third-order valence-corrected chi connectivity index (χ3v) is 3.56. The summed E-state index contributed by atoms with van der Waals surface area (Å²) in [6, 6.07) is 2.92. The first-order valence-electron chi connectivity index (χ1n) is 5.20. The largest absolute Gasteiger partial charge is 0.482 e. The molecule has 0 saturated carbocycles. The number of likely N-dealkylation sites (tertiary alicyclic amines) is 1. The SMILES string of the molecule is O=C(COc1cc(Cl)c(Cl)cc1Cl)N1CC(O)C1. The van der Waals surface area contributed by atoms with E-state index in [0.29, 0.717) is 33.9 Å². The zero-order valence-corrected chi connectivity index (χ0v) is 11.5. The van der Waals surface area contributed by atoms with Crippen LogP contribution in [0, 0.1) is 0 Å². The number of halogens is 3. The number of ether oxygens (including phenoxy) is 1.